The first kappa shape index (κ1) is 16.8. The lowest BCUT2D eigenvalue weighted by Gasteiger charge is -2.07. The fourth-order valence-electron chi connectivity index (χ4n) is 2.49. The molecule has 0 aliphatic heterocycles. The van der Waals surface area contributed by atoms with Crippen LogP contribution in [0.1, 0.15) is 23.1 Å². The van der Waals surface area contributed by atoms with Crippen molar-refractivity contribution in [3.63, 3.8) is 0 Å². The highest BCUT2D eigenvalue weighted by Crippen LogP contribution is 2.11. The molecule has 3 rings (SSSR count). The Morgan fingerprint density at radius 3 is 2.60 bits per heavy atom. The summed E-state index contributed by atoms with van der Waals surface area (Å²) in [5, 5.41) is 7.10. The second-order valence-corrected chi connectivity index (χ2v) is 5.91. The summed E-state index contributed by atoms with van der Waals surface area (Å²) in [5.74, 6) is 0.348. The molecule has 0 fully saturated rings. The van der Waals surface area contributed by atoms with Crippen LogP contribution in [0, 0.1) is 11.7 Å². The first-order valence-corrected chi connectivity index (χ1v) is 8.07. The quantitative estimate of drug-likeness (QED) is 0.564. The molecule has 0 saturated carbocycles. The number of benzene rings is 1. The normalized spacial score (nSPS) is 10.6. The molecule has 0 bridgehead atoms. The molecule has 25 heavy (non-hydrogen) atoms. The van der Waals surface area contributed by atoms with Crippen molar-refractivity contribution >= 4 is 29.6 Å². The summed E-state index contributed by atoms with van der Waals surface area (Å²) in [6.07, 6.45) is 3.70. The number of anilines is 1. The van der Waals surface area contributed by atoms with Gasteiger partial charge in [0.15, 0.2) is 5.78 Å². The molecule has 0 aliphatic rings. The summed E-state index contributed by atoms with van der Waals surface area (Å²) < 4.78 is 5.42. The van der Waals surface area contributed by atoms with Gasteiger partial charge in [-0.3, -0.25) is 14.3 Å². The maximum Gasteiger partial charge on any atom is 0.246 e. The van der Waals surface area contributed by atoms with E-state index < -0.39 is 0 Å². The van der Waals surface area contributed by atoms with E-state index in [0.717, 1.165) is 0 Å². The number of hydrogen-bond acceptors (Lipinski definition) is 4. The number of rotatable bonds is 5. The number of carbonyl (C=O) groups excluding carboxylic acids is 2. The molecule has 2 heterocycles. The molecule has 0 saturated heterocycles. The Morgan fingerprint density at radius 2 is 1.92 bits per heavy atom. The van der Waals surface area contributed by atoms with E-state index in [9.17, 15) is 9.59 Å². The molecule has 7 nitrogen and oxygen atoms in total. The molecule has 0 atom stereocenters. The van der Waals surface area contributed by atoms with E-state index in [4.69, 9.17) is 12.2 Å². The zero-order chi connectivity index (χ0) is 18.0. The third-order valence-corrected chi connectivity index (χ3v) is 4.02. The molecule has 1 N–H and O–H groups in total. The average Bonchev–Trinajstić information content (AvgIpc) is 3.16. The van der Waals surface area contributed by atoms with E-state index in [1.54, 1.807) is 33.6 Å². The number of Topliss-reactive ketones (excluding diaryl/α,β-unsaturated/α-hetero) is 1. The number of amides is 1. The molecule has 0 aliphatic carbocycles. The van der Waals surface area contributed by atoms with Gasteiger partial charge in [-0.1, -0.05) is 12.1 Å². The Labute approximate surface area is 149 Å². The number of aromatic nitrogens is 4. The van der Waals surface area contributed by atoms with Crippen LogP contribution in [-0.4, -0.2) is 30.8 Å². The topological polar surface area (TPSA) is 73.8 Å². The number of nitrogens with zero attached hydrogens (tertiary/aromatic N) is 4. The molecule has 3 aromatic rings. The van der Waals surface area contributed by atoms with Gasteiger partial charge < -0.3 is 5.32 Å². The van der Waals surface area contributed by atoms with E-state index in [-0.39, 0.29) is 18.2 Å². The Balaban J connectivity index is 1.78. The summed E-state index contributed by atoms with van der Waals surface area (Å²) in [7, 11) is 0. The van der Waals surface area contributed by atoms with Gasteiger partial charge >= 0.3 is 0 Å². The van der Waals surface area contributed by atoms with Gasteiger partial charge in [0.25, 0.3) is 0 Å². The Kier molecular flexibility index (Phi) is 4.62. The van der Waals surface area contributed by atoms with Crippen molar-refractivity contribution in [1.82, 2.24) is 19.1 Å². The Morgan fingerprint density at radius 1 is 1.20 bits per heavy atom. The first-order chi connectivity index (χ1) is 12.0. The molecular weight excluding hydrogens is 338 g/mol. The lowest BCUT2D eigenvalue weighted by Crippen LogP contribution is -2.20. The number of hydrogen-bond donors (Lipinski definition) is 1. The van der Waals surface area contributed by atoms with Crippen LogP contribution in [0.25, 0.3) is 0 Å². The largest absolute Gasteiger partial charge is 0.324 e. The highest BCUT2D eigenvalue weighted by Gasteiger charge is 2.12. The molecule has 2 aromatic heterocycles. The second-order valence-electron chi connectivity index (χ2n) is 5.55. The molecule has 0 spiro atoms. The summed E-state index contributed by atoms with van der Waals surface area (Å²) in [5.41, 5.74) is 1.10. The van der Waals surface area contributed by atoms with Crippen LogP contribution in [-0.2, 0) is 11.3 Å². The number of aryl methyl sites for hydroxylation is 1. The van der Waals surface area contributed by atoms with Crippen LogP contribution >= 0.6 is 12.2 Å². The summed E-state index contributed by atoms with van der Waals surface area (Å²) >= 11 is 5.42. The highest BCUT2D eigenvalue weighted by molar-refractivity contribution is 7.71. The average molecular weight is 355 g/mol. The second kappa shape index (κ2) is 6.86. The van der Waals surface area contributed by atoms with Crippen molar-refractivity contribution in [3.8, 4) is 0 Å². The van der Waals surface area contributed by atoms with Crippen molar-refractivity contribution in [2.75, 3.05) is 5.32 Å². The van der Waals surface area contributed by atoms with Crippen LogP contribution in [0.4, 0.5) is 5.69 Å². The van der Waals surface area contributed by atoms with Gasteiger partial charge in [-0.25, -0.2) is 9.36 Å². The minimum Gasteiger partial charge on any atom is -0.324 e. The van der Waals surface area contributed by atoms with Gasteiger partial charge in [-0.15, -0.1) is 0 Å². The predicted octanol–water partition coefficient (Wildman–Crippen LogP) is 2.68. The van der Waals surface area contributed by atoms with Crippen molar-refractivity contribution < 1.29 is 9.59 Å². The van der Waals surface area contributed by atoms with E-state index in [0.29, 0.717) is 21.8 Å². The monoisotopic (exact) mass is 355 g/mol. The zero-order valence-corrected chi connectivity index (χ0v) is 14.7. The van der Waals surface area contributed by atoms with Crippen LogP contribution in [0.15, 0.2) is 48.8 Å². The first-order valence-electron chi connectivity index (χ1n) is 7.66. The smallest absolute Gasteiger partial charge is 0.246 e. The summed E-state index contributed by atoms with van der Waals surface area (Å²) in [4.78, 5) is 23.7. The standard InChI is InChI=1S/C17H17N5O2S/c1-12(23)14-6-5-7-15(10-14)18-16(24)11-21-17(25)22(13(2)19-21)20-8-3-4-9-20/h3-10H,11H2,1-2H3,(H,18,24). The Hall–Kier alpha value is -3.00. The van der Waals surface area contributed by atoms with Gasteiger partial charge in [0, 0.05) is 23.6 Å². The molecule has 0 unspecified atom stereocenters. The van der Waals surface area contributed by atoms with Gasteiger partial charge in [-0.2, -0.15) is 5.10 Å². The molecule has 128 valence electrons. The highest BCUT2D eigenvalue weighted by atomic mass is 32.1. The van der Waals surface area contributed by atoms with E-state index in [1.807, 2.05) is 31.5 Å². The van der Waals surface area contributed by atoms with Crippen molar-refractivity contribution in [2.24, 2.45) is 0 Å². The maximum atomic E-state index is 12.3. The van der Waals surface area contributed by atoms with Crippen LogP contribution in [0.5, 0.6) is 0 Å². The lowest BCUT2D eigenvalue weighted by molar-refractivity contribution is -0.116. The predicted molar refractivity (Wildman–Crippen MR) is 96.1 cm³/mol. The zero-order valence-electron chi connectivity index (χ0n) is 13.8. The van der Waals surface area contributed by atoms with Crippen molar-refractivity contribution in [2.45, 2.75) is 20.4 Å². The molecule has 8 heteroatoms. The third-order valence-electron chi connectivity index (χ3n) is 3.64. The van der Waals surface area contributed by atoms with Gasteiger partial charge in [0.1, 0.15) is 12.4 Å². The maximum absolute atomic E-state index is 12.3. The van der Waals surface area contributed by atoms with Crippen LogP contribution in [0.2, 0.25) is 0 Å². The molecule has 1 aromatic carbocycles. The minimum atomic E-state index is -0.269. The van der Waals surface area contributed by atoms with Crippen LogP contribution < -0.4 is 5.32 Å². The van der Waals surface area contributed by atoms with Gasteiger partial charge in [0.05, 0.1) is 0 Å². The summed E-state index contributed by atoms with van der Waals surface area (Å²) in [6.45, 7) is 3.29. The van der Waals surface area contributed by atoms with Gasteiger partial charge in [-0.05, 0) is 50.3 Å². The number of ketones is 1. The van der Waals surface area contributed by atoms with Crippen LogP contribution in [0.3, 0.4) is 0 Å². The molecule has 0 radical (unpaired) electrons. The fraction of sp³-hybridized carbons (Fsp3) is 0.176. The SMILES string of the molecule is CC(=O)c1cccc(NC(=O)Cn2nc(C)n(-n3cccc3)c2=S)c1. The van der Waals surface area contributed by atoms with Crippen molar-refractivity contribution in [3.05, 3.63) is 65.0 Å². The van der Waals surface area contributed by atoms with Gasteiger partial charge in [0.2, 0.25) is 10.7 Å². The van der Waals surface area contributed by atoms with E-state index in [1.165, 1.54) is 11.6 Å². The van der Waals surface area contributed by atoms with E-state index >= 15 is 0 Å². The molecule has 1 amide bonds. The minimum absolute atomic E-state index is 0.0156. The Bertz CT molecular complexity index is 985. The van der Waals surface area contributed by atoms with E-state index in [2.05, 4.69) is 10.4 Å². The fourth-order valence-corrected chi connectivity index (χ4v) is 2.82. The lowest BCUT2D eigenvalue weighted by atomic mass is 10.1. The third kappa shape index (κ3) is 3.58. The summed E-state index contributed by atoms with van der Waals surface area (Å²) in [6, 6.07) is 10.6. The number of nitrogens with one attached hydrogen (secondary N) is 1. The number of carbonyl (C=O) groups is 2. The van der Waals surface area contributed by atoms with Crippen molar-refractivity contribution in [1.29, 1.82) is 0 Å². The molecular formula is C17H17N5O2S.